The van der Waals surface area contributed by atoms with Gasteiger partial charge in [-0.3, -0.25) is 4.79 Å². The monoisotopic (exact) mass is 313 g/mol. The number of H-pyrrole nitrogens is 1. The summed E-state index contributed by atoms with van der Waals surface area (Å²) in [5.41, 5.74) is 9.89. The van der Waals surface area contributed by atoms with E-state index in [9.17, 15) is 4.79 Å². The van der Waals surface area contributed by atoms with E-state index in [2.05, 4.69) is 9.98 Å². The number of aryl methyl sites for hydroxylation is 2. The average molecular weight is 314 g/mol. The fourth-order valence-electron chi connectivity index (χ4n) is 2.78. The molecule has 0 fully saturated rings. The molecule has 0 saturated carbocycles. The van der Waals surface area contributed by atoms with Crippen LogP contribution < -0.4 is 11.2 Å². The smallest absolute Gasteiger partial charge is 0.197 e. The van der Waals surface area contributed by atoms with Crippen molar-refractivity contribution in [2.75, 3.05) is 5.88 Å². The van der Waals surface area contributed by atoms with Crippen molar-refractivity contribution < 1.29 is 0 Å². The summed E-state index contributed by atoms with van der Waals surface area (Å²) in [5.74, 6) is 0.461. The number of nitrogens with one attached hydrogen (secondary N) is 1. The van der Waals surface area contributed by atoms with Crippen LogP contribution in [0.3, 0.4) is 0 Å². The van der Waals surface area contributed by atoms with E-state index in [0.717, 1.165) is 16.6 Å². The maximum Gasteiger partial charge on any atom is 0.197 e. The first-order chi connectivity index (χ1) is 10.5. The predicted octanol–water partition coefficient (Wildman–Crippen LogP) is 3.53. The number of rotatable bonds is 2. The zero-order chi connectivity index (χ0) is 15.9. The Hall–Kier alpha value is -2.33. The highest BCUT2D eigenvalue weighted by Crippen LogP contribution is 2.26. The summed E-state index contributed by atoms with van der Waals surface area (Å²) in [6, 6.07) is 9.38. The van der Waals surface area contributed by atoms with Gasteiger partial charge < -0.3 is 10.7 Å². The van der Waals surface area contributed by atoms with Gasteiger partial charge in [-0.2, -0.15) is 0 Å². The van der Waals surface area contributed by atoms with E-state index >= 15 is 0 Å². The number of fused-ring (bicyclic) bond motifs is 2. The normalized spacial score (nSPS) is 12.2. The lowest BCUT2D eigenvalue weighted by molar-refractivity contribution is 1.37. The van der Waals surface area contributed by atoms with Gasteiger partial charge in [-0.25, -0.2) is 4.99 Å². The molecular formula is C17H16ClN3O. The Morgan fingerprint density at radius 2 is 2.09 bits per heavy atom. The topological polar surface area (TPSA) is 71.2 Å². The first-order valence-electron chi connectivity index (χ1n) is 6.96. The van der Waals surface area contributed by atoms with Gasteiger partial charge in [0.1, 0.15) is 5.84 Å². The molecule has 5 heteroatoms. The molecule has 0 radical (unpaired) electrons. The summed E-state index contributed by atoms with van der Waals surface area (Å²) in [4.78, 5) is 20.4. The van der Waals surface area contributed by atoms with Crippen molar-refractivity contribution in [3.05, 3.63) is 51.7 Å². The minimum Gasteiger partial charge on any atom is -0.386 e. The van der Waals surface area contributed by atoms with Gasteiger partial charge in [-0.1, -0.05) is 12.1 Å². The van der Waals surface area contributed by atoms with Gasteiger partial charge in [0.15, 0.2) is 5.43 Å². The molecule has 0 amide bonds. The van der Waals surface area contributed by atoms with Crippen LogP contribution in [0.15, 0.2) is 40.1 Å². The third-order valence-corrected chi connectivity index (χ3v) is 3.93. The van der Waals surface area contributed by atoms with Crippen LogP contribution in [0.2, 0.25) is 0 Å². The highest BCUT2D eigenvalue weighted by molar-refractivity contribution is 6.28. The van der Waals surface area contributed by atoms with E-state index in [1.54, 1.807) is 12.1 Å². The number of hydrogen-bond acceptors (Lipinski definition) is 2. The molecule has 0 aliphatic heterocycles. The fraction of sp³-hybridized carbons (Fsp3) is 0.176. The SMILES string of the molecule is Cc1cc(C)c2c(=O)c3cccc(N=C(N)CCl)c3[nH]c2c1. The predicted molar refractivity (Wildman–Crippen MR) is 93.6 cm³/mol. The summed E-state index contributed by atoms with van der Waals surface area (Å²) in [6.45, 7) is 3.95. The molecule has 0 unspecified atom stereocenters. The van der Waals surface area contributed by atoms with Crippen molar-refractivity contribution in [3.63, 3.8) is 0 Å². The van der Waals surface area contributed by atoms with Crippen molar-refractivity contribution in [1.82, 2.24) is 4.98 Å². The second-order valence-electron chi connectivity index (χ2n) is 5.39. The van der Waals surface area contributed by atoms with Gasteiger partial charge in [0.25, 0.3) is 0 Å². The Balaban J connectivity index is 2.47. The molecule has 0 aliphatic carbocycles. The van der Waals surface area contributed by atoms with Crippen molar-refractivity contribution in [1.29, 1.82) is 0 Å². The molecule has 0 spiro atoms. The molecule has 112 valence electrons. The maximum atomic E-state index is 12.8. The van der Waals surface area contributed by atoms with Gasteiger partial charge in [0.2, 0.25) is 0 Å². The van der Waals surface area contributed by atoms with Crippen LogP contribution in [0, 0.1) is 13.8 Å². The first kappa shape index (κ1) is 14.6. The lowest BCUT2D eigenvalue weighted by Crippen LogP contribution is -2.12. The molecule has 0 atom stereocenters. The number of hydrogen-bond donors (Lipinski definition) is 2. The highest BCUT2D eigenvalue weighted by atomic mass is 35.5. The van der Waals surface area contributed by atoms with Gasteiger partial charge in [0.05, 0.1) is 22.6 Å². The van der Waals surface area contributed by atoms with E-state index < -0.39 is 0 Å². The third-order valence-electron chi connectivity index (χ3n) is 3.65. The maximum absolute atomic E-state index is 12.8. The minimum absolute atomic E-state index is 0.00254. The number of halogens is 1. The summed E-state index contributed by atoms with van der Waals surface area (Å²) >= 11 is 5.69. The standard InChI is InChI=1S/C17H16ClN3O/c1-9-6-10(2)15-13(7-9)21-16-11(17(15)22)4-3-5-12(16)20-14(19)8-18/h3-7H,8H2,1-2H3,(H2,19,20)(H,21,22). The lowest BCUT2D eigenvalue weighted by Gasteiger charge is -2.08. The van der Waals surface area contributed by atoms with Crippen molar-refractivity contribution in [3.8, 4) is 0 Å². The van der Waals surface area contributed by atoms with Crippen molar-refractivity contribution in [2.45, 2.75) is 13.8 Å². The zero-order valence-electron chi connectivity index (χ0n) is 12.4. The molecule has 0 aliphatic rings. The van der Waals surface area contributed by atoms with Gasteiger partial charge in [-0.15, -0.1) is 11.6 Å². The lowest BCUT2D eigenvalue weighted by atomic mass is 10.0. The molecule has 2 aromatic carbocycles. The molecule has 0 bridgehead atoms. The van der Waals surface area contributed by atoms with Gasteiger partial charge in [0, 0.05) is 10.8 Å². The number of amidine groups is 1. The number of aliphatic imine (C=N–C) groups is 1. The second kappa shape index (κ2) is 5.46. The number of para-hydroxylation sites is 1. The molecule has 1 heterocycles. The Morgan fingerprint density at radius 3 is 2.82 bits per heavy atom. The van der Waals surface area contributed by atoms with E-state index in [4.69, 9.17) is 17.3 Å². The number of aromatic nitrogens is 1. The molecular weight excluding hydrogens is 298 g/mol. The number of nitrogens with two attached hydrogens (primary N) is 1. The van der Waals surface area contributed by atoms with Gasteiger partial charge in [-0.05, 0) is 43.2 Å². The number of aromatic amines is 1. The Morgan fingerprint density at radius 1 is 1.32 bits per heavy atom. The van der Waals surface area contributed by atoms with Crippen LogP contribution in [0.1, 0.15) is 11.1 Å². The van der Waals surface area contributed by atoms with E-state index in [1.165, 1.54) is 0 Å². The molecule has 22 heavy (non-hydrogen) atoms. The minimum atomic E-state index is 0.00254. The van der Waals surface area contributed by atoms with E-state index in [0.29, 0.717) is 27.8 Å². The fourth-order valence-corrected chi connectivity index (χ4v) is 2.84. The number of benzene rings is 2. The quantitative estimate of drug-likeness (QED) is 0.329. The summed E-state index contributed by atoms with van der Waals surface area (Å²) < 4.78 is 0. The summed E-state index contributed by atoms with van der Waals surface area (Å²) in [5, 5.41) is 1.31. The van der Waals surface area contributed by atoms with Crippen LogP contribution in [-0.4, -0.2) is 16.7 Å². The second-order valence-corrected chi connectivity index (χ2v) is 5.66. The van der Waals surface area contributed by atoms with E-state index in [-0.39, 0.29) is 11.3 Å². The first-order valence-corrected chi connectivity index (χ1v) is 7.49. The Bertz CT molecular complexity index is 973. The largest absolute Gasteiger partial charge is 0.386 e. The third kappa shape index (κ3) is 2.35. The highest BCUT2D eigenvalue weighted by Gasteiger charge is 2.11. The van der Waals surface area contributed by atoms with Crippen LogP contribution in [0.25, 0.3) is 21.8 Å². The molecule has 3 N–H and O–H groups in total. The van der Waals surface area contributed by atoms with Crippen LogP contribution in [0.5, 0.6) is 0 Å². The van der Waals surface area contributed by atoms with E-state index in [1.807, 2.05) is 32.0 Å². The number of nitrogens with zero attached hydrogens (tertiary/aromatic N) is 1. The van der Waals surface area contributed by atoms with Crippen LogP contribution >= 0.6 is 11.6 Å². The summed E-state index contributed by atoms with van der Waals surface area (Å²) in [6.07, 6.45) is 0. The zero-order valence-corrected chi connectivity index (χ0v) is 13.2. The van der Waals surface area contributed by atoms with Crippen molar-refractivity contribution in [2.24, 2.45) is 10.7 Å². The molecule has 1 aromatic heterocycles. The Labute approximate surface area is 132 Å². The molecule has 3 rings (SSSR count). The molecule has 3 aromatic rings. The van der Waals surface area contributed by atoms with Crippen LogP contribution in [0.4, 0.5) is 5.69 Å². The van der Waals surface area contributed by atoms with Crippen molar-refractivity contribution >= 4 is 44.9 Å². The average Bonchev–Trinajstić information content (AvgIpc) is 2.47. The molecule has 4 nitrogen and oxygen atoms in total. The number of alkyl halides is 1. The number of pyridine rings is 1. The Kier molecular flexibility index (Phi) is 3.62. The van der Waals surface area contributed by atoms with Gasteiger partial charge >= 0.3 is 0 Å². The van der Waals surface area contributed by atoms with Crippen LogP contribution in [-0.2, 0) is 0 Å². The summed E-state index contributed by atoms with van der Waals surface area (Å²) in [7, 11) is 0. The molecule has 0 saturated heterocycles.